The fourth-order valence-electron chi connectivity index (χ4n) is 2.92. The molecule has 2 N–H and O–H groups in total. The van der Waals surface area contributed by atoms with Crippen LogP contribution in [0.15, 0.2) is 54.9 Å². The number of methoxy groups -OCH3 is 2. The molecule has 0 saturated heterocycles. The molecule has 0 unspecified atom stereocenters. The monoisotopic (exact) mass is 425 g/mol. The minimum atomic E-state index is -0.421. The Balaban J connectivity index is 1.56. The maximum atomic E-state index is 13.6. The van der Waals surface area contributed by atoms with Crippen molar-refractivity contribution in [3.05, 3.63) is 65.7 Å². The summed E-state index contributed by atoms with van der Waals surface area (Å²) < 4.78 is 24.2. The predicted molar refractivity (Wildman–Crippen MR) is 115 cm³/mol. The lowest BCUT2D eigenvalue weighted by Crippen LogP contribution is -2.01. The molecule has 9 heteroatoms. The number of rotatable bonds is 6. The van der Waals surface area contributed by atoms with E-state index in [2.05, 4.69) is 25.6 Å². The number of aromatic nitrogens is 3. The molecule has 7 nitrogen and oxygen atoms in total. The van der Waals surface area contributed by atoms with Crippen molar-refractivity contribution < 1.29 is 13.9 Å². The standard InChI is InChI=1S/C21H17ClFN5O2/c1-29-17-4-3-14(10-18(17)30-2)27-21-24-6-5-19(28-21)26-15-8-12-7-13(23)9-16(22)20(12)25-11-15/h3-11H,1-2H3,(H2,24,26,27,28). The van der Waals surface area contributed by atoms with Crippen molar-refractivity contribution in [2.24, 2.45) is 0 Å². The zero-order chi connectivity index (χ0) is 21.1. The van der Waals surface area contributed by atoms with E-state index in [1.54, 1.807) is 50.9 Å². The maximum Gasteiger partial charge on any atom is 0.229 e. The number of nitrogens with one attached hydrogen (secondary N) is 2. The van der Waals surface area contributed by atoms with E-state index in [1.165, 1.54) is 12.1 Å². The van der Waals surface area contributed by atoms with Crippen molar-refractivity contribution in [3.8, 4) is 11.5 Å². The molecular formula is C21H17ClFN5O2. The number of benzene rings is 2. The third-order valence-corrected chi connectivity index (χ3v) is 4.56. The fourth-order valence-corrected chi connectivity index (χ4v) is 3.18. The molecular weight excluding hydrogens is 409 g/mol. The highest BCUT2D eigenvalue weighted by molar-refractivity contribution is 6.35. The number of ether oxygens (including phenoxy) is 2. The second kappa shape index (κ2) is 8.38. The second-order valence-electron chi connectivity index (χ2n) is 6.27. The Morgan fingerprint density at radius 3 is 2.53 bits per heavy atom. The molecule has 0 aliphatic carbocycles. The molecule has 0 spiro atoms. The van der Waals surface area contributed by atoms with Crippen LogP contribution in [0, 0.1) is 5.82 Å². The Bertz CT molecular complexity index is 1220. The summed E-state index contributed by atoms with van der Waals surface area (Å²) in [4.78, 5) is 13.0. The maximum absolute atomic E-state index is 13.6. The Morgan fingerprint density at radius 1 is 0.900 bits per heavy atom. The van der Waals surface area contributed by atoms with Gasteiger partial charge in [-0.25, -0.2) is 9.37 Å². The van der Waals surface area contributed by atoms with Gasteiger partial charge in [0.2, 0.25) is 5.95 Å². The fraction of sp³-hybridized carbons (Fsp3) is 0.0952. The van der Waals surface area contributed by atoms with Crippen LogP contribution in [-0.2, 0) is 0 Å². The second-order valence-corrected chi connectivity index (χ2v) is 6.68. The number of halogens is 2. The molecule has 4 aromatic rings. The van der Waals surface area contributed by atoms with E-state index in [9.17, 15) is 4.39 Å². The van der Waals surface area contributed by atoms with Crippen LogP contribution in [0.2, 0.25) is 5.02 Å². The van der Waals surface area contributed by atoms with E-state index in [-0.39, 0.29) is 5.02 Å². The Labute approximate surface area is 176 Å². The summed E-state index contributed by atoms with van der Waals surface area (Å²) in [5, 5.41) is 7.11. The van der Waals surface area contributed by atoms with E-state index in [0.717, 1.165) is 5.69 Å². The van der Waals surface area contributed by atoms with Crippen LogP contribution in [0.5, 0.6) is 11.5 Å². The molecule has 0 bridgehead atoms. The molecule has 0 radical (unpaired) electrons. The van der Waals surface area contributed by atoms with Crippen LogP contribution in [0.3, 0.4) is 0 Å². The molecule has 2 aromatic carbocycles. The molecule has 0 aliphatic rings. The van der Waals surface area contributed by atoms with Crippen LogP contribution in [0.1, 0.15) is 0 Å². The first kappa shape index (κ1) is 19.7. The van der Waals surface area contributed by atoms with Crippen LogP contribution >= 0.6 is 11.6 Å². The van der Waals surface area contributed by atoms with Crippen LogP contribution in [0.25, 0.3) is 10.9 Å². The Hall–Kier alpha value is -3.65. The highest BCUT2D eigenvalue weighted by atomic mass is 35.5. The van der Waals surface area contributed by atoms with Crippen molar-refractivity contribution in [1.82, 2.24) is 15.0 Å². The lowest BCUT2D eigenvalue weighted by atomic mass is 10.2. The van der Waals surface area contributed by atoms with E-state index in [0.29, 0.717) is 39.9 Å². The van der Waals surface area contributed by atoms with Gasteiger partial charge in [-0.3, -0.25) is 4.98 Å². The summed E-state index contributed by atoms with van der Waals surface area (Å²) in [6, 6.07) is 11.5. The molecule has 0 amide bonds. The van der Waals surface area contributed by atoms with Gasteiger partial charge in [0.05, 0.1) is 36.6 Å². The molecule has 2 heterocycles. The topological polar surface area (TPSA) is 81.2 Å². The van der Waals surface area contributed by atoms with E-state index < -0.39 is 5.82 Å². The van der Waals surface area contributed by atoms with Crippen molar-refractivity contribution >= 4 is 45.6 Å². The van der Waals surface area contributed by atoms with Crippen molar-refractivity contribution in [3.63, 3.8) is 0 Å². The normalized spacial score (nSPS) is 10.7. The van der Waals surface area contributed by atoms with Crippen molar-refractivity contribution in [2.75, 3.05) is 24.9 Å². The first-order chi connectivity index (χ1) is 14.6. The smallest absolute Gasteiger partial charge is 0.229 e. The minimum Gasteiger partial charge on any atom is -0.493 e. The van der Waals surface area contributed by atoms with Gasteiger partial charge in [-0.2, -0.15) is 4.98 Å². The van der Waals surface area contributed by atoms with Gasteiger partial charge in [0.1, 0.15) is 11.6 Å². The highest BCUT2D eigenvalue weighted by Crippen LogP contribution is 2.31. The molecule has 30 heavy (non-hydrogen) atoms. The minimum absolute atomic E-state index is 0.264. The van der Waals surface area contributed by atoms with Crippen LogP contribution < -0.4 is 20.1 Å². The van der Waals surface area contributed by atoms with Gasteiger partial charge in [-0.05, 0) is 36.4 Å². The van der Waals surface area contributed by atoms with Crippen molar-refractivity contribution in [2.45, 2.75) is 0 Å². The number of anilines is 4. The third-order valence-electron chi connectivity index (χ3n) is 4.27. The lowest BCUT2D eigenvalue weighted by molar-refractivity contribution is 0.355. The number of nitrogens with zero attached hydrogens (tertiary/aromatic N) is 3. The summed E-state index contributed by atoms with van der Waals surface area (Å²) in [5.74, 6) is 1.71. The molecule has 0 atom stereocenters. The number of pyridine rings is 1. The van der Waals surface area contributed by atoms with Gasteiger partial charge in [0.15, 0.2) is 11.5 Å². The molecule has 0 saturated carbocycles. The van der Waals surface area contributed by atoms with Gasteiger partial charge in [-0.1, -0.05) is 11.6 Å². The van der Waals surface area contributed by atoms with Crippen LogP contribution in [0.4, 0.5) is 27.5 Å². The molecule has 2 aromatic heterocycles. The lowest BCUT2D eigenvalue weighted by Gasteiger charge is -2.11. The number of hydrogen-bond donors (Lipinski definition) is 2. The van der Waals surface area contributed by atoms with E-state index in [4.69, 9.17) is 21.1 Å². The largest absolute Gasteiger partial charge is 0.493 e. The van der Waals surface area contributed by atoms with Gasteiger partial charge in [0, 0.05) is 23.3 Å². The summed E-state index contributed by atoms with van der Waals surface area (Å²) in [5.41, 5.74) is 1.91. The van der Waals surface area contributed by atoms with E-state index >= 15 is 0 Å². The summed E-state index contributed by atoms with van der Waals surface area (Å²) in [6.45, 7) is 0. The zero-order valence-electron chi connectivity index (χ0n) is 16.1. The van der Waals surface area contributed by atoms with Gasteiger partial charge < -0.3 is 20.1 Å². The summed E-state index contributed by atoms with van der Waals surface area (Å²) >= 11 is 6.04. The molecule has 152 valence electrons. The zero-order valence-corrected chi connectivity index (χ0v) is 16.9. The number of hydrogen-bond acceptors (Lipinski definition) is 7. The third kappa shape index (κ3) is 4.18. The predicted octanol–water partition coefficient (Wildman–Crippen LogP) is 5.32. The number of fused-ring (bicyclic) bond motifs is 1. The van der Waals surface area contributed by atoms with Gasteiger partial charge >= 0.3 is 0 Å². The summed E-state index contributed by atoms with van der Waals surface area (Å²) in [6.07, 6.45) is 3.22. The Kier molecular flexibility index (Phi) is 5.49. The first-order valence-corrected chi connectivity index (χ1v) is 9.27. The average molecular weight is 426 g/mol. The van der Waals surface area contributed by atoms with E-state index in [1.807, 2.05) is 6.07 Å². The quantitative estimate of drug-likeness (QED) is 0.432. The van der Waals surface area contributed by atoms with Crippen molar-refractivity contribution in [1.29, 1.82) is 0 Å². The van der Waals surface area contributed by atoms with Gasteiger partial charge in [0.25, 0.3) is 0 Å². The van der Waals surface area contributed by atoms with Crippen LogP contribution in [-0.4, -0.2) is 29.2 Å². The Morgan fingerprint density at radius 2 is 1.73 bits per heavy atom. The SMILES string of the molecule is COc1ccc(Nc2nccc(Nc3cnc4c(Cl)cc(F)cc4c3)n2)cc1OC. The molecule has 0 fully saturated rings. The molecule has 4 rings (SSSR count). The highest BCUT2D eigenvalue weighted by Gasteiger charge is 2.08. The van der Waals surface area contributed by atoms with Gasteiger partial charge in [-0.15, -0.1) is 0 Å². The first-order valence-electron chi connectivity index (χ1n) is 8.89. The average Bonchev–Trinajstić information content (AvgIpc) is 2.73. The molecule has 0 aliphatic heterocycles. The summed E-state index contributed by atoms with van der Waals surface area (Å²) in [7, 11) is 3.15.